The largest absolute Gasteiger partial charge is 0.457 e. The highest BCUT2D eigenvalue weighted by Crippen LogP contribution is 2.47. The Morgan fingerprint density at radius 2 is 1.00 bits per heavy atom. The molecule has 0 heterocycles. The Labute approximate surface area is 239 Å². The molecule has 0 bridgehead atoms. The van der Waals surface area contributed by atoms with Gasteiger partial charge in [-0.2, -0.15) is 0 Å². The lowest BCUT2D eigenvalue weighted by Gasteiger charge is -2.17. The molecule has 0 spiro atoms. The first-order chi connectivity index (χ1) is 20.1. The summed E-state index contributed by atoms with van der Waals surface area (Å²) in [5, 5.41) is 0. The van der Waals surface area contributed by atoms with Gasteiger partial charge in [0.05, 0.1) is 0 Å². The zero-order valence-electron chi connectivity index (χ0n) is 22.4. The average Bonchev–Trinajstić information content (AvgIpc) is 3.38. The third-order valence-electron chi connectivity index (χ3n) is 7.49. The van der Waals surface area contributed by atoms with Crippen LogP contribution in [0, 0.1) is 0 Å². The summed E-state index contributed by atoms with van der Waals surface area (Å²) in [5.41, 5.74) is 22.9. The van der Waals surface area contributed by atoms with Crippen LogP contribution in [0.2, 0.25) is 0 Å². The van der Waals surface area contributed by atoms with Crippen LogP contribution in [-0.4, -0.2) is 0 Å². The van der Waals surface area contributed by atoms with Gasteiger partial charge in [-0.15, -0.1) is 0 Å². The van der Waals surface area contributed by atoms with Crippen LogP contribution >= 0.6 is 0 Å². The highest BCUT2D eigenvalue weighted by molar-refractivity contribution is 5.94. The Bertz CT molecular complexity index is 1880. The van der Waals surface area contributed by atoms with Crippen LogP contribution in [0.4, 0.5) is 11.4 Å². The normalized spacial score (nSPS) is 11.5. The number of anilines is 2. The molecule has 0 aliphatic heterocycles. The molecule has 0 atom stereocenters. The number of benzene rings is 6. The second kappa shape index (κ2) is 10.2. The number of rotatable bonds is 6. The summed E-state index contributed by atoms with van der Waals surface area (Å²) in [6.45, 7) is 0. The third kappa shape index (κ3) is 4.88. The maximum absolute atomic E-state index is 6.23. The zero-order valence-corrected chi connectivity index (χ0v) is 22.4. The van der Waals surface area contributed by atoms with E-state index in [1.165, 1.54) is 27.8 Å². The predicted molar refractivity (Wildman–Crippen MR) is 167 cm³/mol. The molecule has 4 N–H and O–H groups in total. The smallest absolute Gasteiger partial charge is 0.128 e. The second-order valence-electron chi connectivity index (χ2n) is 10.2. The molecule has 6 aromatic carbocycles. The van der Waals surface area contributed by atoms with Crippen LogP contribution in [0.3, 0.4) is 0 Å². The van der Waals surface area contributed by atoms with Crippen molar-refractivity contribution in [2.45, 2.75) is 6.42 Å². The van der Waals surface area contributed by atoms with Crippen molar-refractivity contribution in [1.29, 1.82) is 0 Å². The summed E-state index contributed by atoms with van der Waals surface area (Å²) >= 11 is 0. The Morgan fingerprint density at radius 3 is 1.66 bits per heavy atom. The van der Waals surface area contributed by atoms with E-state index in [0.717, 1.165) is 46.1 Å². The fourth-order valence-corrected chi connectivity index (χ4v) is 5.57. The molecule has 198 valence electrons. The molecule has 0 saturated heterocycles. The number of hydrogen-bond donors (Lipinski definition) is 2. The van der Waals surface area contributed by atoms with Gasteiger partial charge < -0.3 is 20.9 Å². The van der Waals surface area contributed by atoms with E-state index in [1.807, 2.05) is 72.8 Å². The van der Waals surface area contributed by atoms with Crippen molar-refractivity contribution in [3.05, 3.63) is 145 Å². The van der Waals surface area contributed by atoms with Gasteiger partial charge >= 0.3 is 0 Å². The number of hydrogen-bond acceptors (Lipinski definition) is 4. The summed E-state index contributed by atoms with van der Waals surface area (Å²) in [5.74, 6) is 3.03. The van der Waals surface area contributed by atoms with Crippen molar-refractivity contribution in [2.24, 2.45) is 0 Å². The van der Waals surface area contributed by atoms with E-state index in [0.29, 0.717) is 11.4 Å². The van der Waals surface area contributed by atoms with Crippen molar-refractivity contribution < 1.29 is 9.47 Å². The Balaban J connectivity index is 1.33. The van der Waals surface area contributed by atoms with Gasteiger partial charge in [0.25, 0.3) is 0 Å². The first kappa shape index (κ1) is 24.6. The minimum Gasteiger partial charge on any atom is -0.457 e. The molecule has 0 unspecified atom stereocenters. The van der Waals surface area contributed by atoms with Crippen molar-refractivity contribution in [1.82, 2.24) is 0 Å². The standard InChI is InChI=1S/C37H28N2O2/c38-27-11-15-29(16-12-27)40-31-8-3-6-24(21-31)34-19-20-35-33-10-2-1-5-25(33)23-36(35)37(34)26-7-4-9-32(22-26)41-30-17-13-28(39)14-18-30/h1-22H,23,38-39H2. The predicted octanol–water partition coefficient (Wildman–Crippen LogP) is 9.34. The summed E-state index contributed by atoms with van der Waals surface area (Å²) in [6, 6.07) is 44.6. The molecule has 1 aliphatic carbocycles. The summed E-state index contributed by atoms with van der Waals surface area (Å²) in [4.78, 5) is 0. The van der Waals surface area contributed by atoms with Crippen molar-refractivity contribution in [3.8, 4) is 56.4 Å². The number of ether oxygens (including phenoxy) is 2. The average molecular weight is 533 g/mol. The van der Waals surface area contributed by atoms with E-state index in [4.69, 9.17) is 20.9 Å². The molecule has 7 rings (SSSR count). The van der Waals surface area contributed by atoms with Gasteiger partial charge in [0.15, 0.2) is 0 Å². The van der Waals surface area contributed by atoms with Crippen molar-refractivity contribution in [3.63, 3.8) is 0 Å². The minimum absolute atomic E-state index is 0.706. The Kier molecular flexibility index (Phi) is 6.14. The molecule has 0 fully saturated rings. The number of nitrogens with two attached hydrogens (primary N) is 2. The first-order valence-corrected chi connectivity index (χ1v) is 13.6. The van der Waals surface area contributed by atoms with Gasteiger partial charge in [0.2, 0.25) is 0 Å². The highest BCUT2D eigenvalue weighted by Gasteiger charge is 2.24. The van der Waals surface area contributed by atoms with E-state index in [2.05, 4.69) is 60.7 Å². The third-order valence-corrected chi connectivity index (χ3v) is 7.49. The Hall–Kier alpha value is -5.48. The lowest BCUT2D eigenvalue weighted by Crippen LogP contribution is -1.94. The molecule has 0 saturated carbocycles. The lowest BCUT2D eigenvalue weighted by molar-refractivity contribution is 0.482. The second-order valence-corrected chi connectivity index (χ2v) is 10.2. The number of fused-ring (bicyclic) bond motifs is 3. The van der Waals surface area contributed by atoms with Crippen LogP contribution in [-0.2, 0) is 6.42 Å². The van der Waals surface area contributed by atoms with Gasteiger partial charge in [0.1, 0.15) is 23.0 Å². The maximum atomic E-state index is 6.23. The topological polar surface area (TPSA) is 70.5 Å². The van der Waals surface area contributed by atoms with Gasteiger partial charge in [0, 0.05) is 11.4 Å². The molecule has 4 nitrogen and oxygen atoms in total. The van der Waals surface area contributed by atoms with Gasteiger partial charge in [-0.3, -0.25) is 0 Å². The van der Waals surface area contributed by atoms with Crippen LogP contribution < -0.4 is 20.9 Å². The molecule has 4 heteroatoms. The highest BCUT2D eigenvalue weighted by atomic mass is 16.5. The molecule has 1 aliphatic rings. The van der Waals surface area contributed by atoms with Crippen LogP contribution in [0.1, 0.15) is 11.1 Å². The van der Waals surface area contributed by atoms with E-state index >= 15 is 0 Å². The van der Waals surface area contributed by atoms with E-state index in [1.54, 1.807) is 0 Å². The molecule has 0 aromatic heterocycles. The molecular formula is C37H28N2O2. The lowest BCUT2D eigenvalue weighted by atomic mass is 9.88. The molecule has 41 heavy (non-hydrogen) atoms. The first-order valence-electron chi connectivity index (χ1n) is 13.6. The van der Waals surface area contributed by atoms with Crippen LogP contribution in [0.15, 0.2) is 133 Å². The van der Waals surface area contributed by atoms with E-state index in [-0.39, 0.29) is 0 Å². The van der Waals surface area contributed by atoms with Crippen molar-refractivity contribution in [2.75, 3.05) is 11.5 Å². The molecular weight excluding hydrogens is 504 g/mol. The molecule has 0 radical (unpaired) electrons. The number of nitrogen functional groups attached to an aromatic ring is 2. The van der Waals surface area contributed by atoms with E-state index in [9.17, 15) is 0 Å². The fraction of sp³-hybridized carbons (Fsp3) is 0.0270. The SMILES string of the molecule is Nc1ccc(Oc2cccc(-c3ccc4c(c3-c3cccc(Oc5ccc(N)cc5)c3)Cc3ccccc3-4)c2)cc1. The molecule has 0 amide bonds. The quantitative estimate of drug-likeness (QED) is 0.209. The summed E-state index contributed by atoms with van der Waals surface area (Å²) in [6.07, 6.45) is 0.874. The molecule has 6 aromatic rings. The van der Waals surface area contributed by atoms with Crippen LogP contribution in [0.5, 0.6) is 23.0 Å². The van der Waals surface area contributed by atoms with Gasteiger partial charge in [-0.25, -0.2) is 0 Å². The Morgan fingerprint density at radius 1 is 0.439 bits per heavy atom. The van der Waals surface area contributed by atoms with Crippen molar-refractivity contribution >= 4 is 11.4 Å². The minimum atomic E-state index is 0.706. The van der Waals surface area contributed by atoms with Gasteiger partial charge in [-0.1, -0.05) is 60.7 Å². The fourth-order valence-electron chi connectivity index (χ4n) is 5.57. The monoisotopic (exact) mass is 532 g/mol. The zero-order chi connectivity index (χ0) is 27.8. The van der Waals surface area contributed by atoms with Crippen LogP contribution in [0.25, 0.3) is 33.4 Å². The summed E-state index contributed by atoms with van der Waals surface area (Å²) < 4.78 is 12.4. The maximum Gasteiger partial charge on any atom is 0.128 e. The summed E-state index contributed by atoms with van der Waals surface area (Å²) in [7, 11) is 0. The van der Waals surface area contributed by atoms with Gasteiger partial charge in [-0.05, 0) is 124 Å². The van der Waals surface area contributed by atoms with E-state index < -0.39 is 0 Å².